The van der Waals surface area contributed by atoms with E-state index in [-0.39, 0.29) is 29.0 Å². The number of hydrogen-bond acceptors (Lipinski definition) is 13. The van der Waals surface area contributed by atoms with Crippen LogP contribution in [0.25, 0.3) is 0 Å². The second kappa shape index (κ2) is 13.8. The predicted octanol–water partition coefficient (Wildman–Crippen LogP) is 1.44. The van der Waals surface area contributed by atoms with Crippen LogP contribution in [-0.2, 0) is 28.4 Å². The first kappa shape index (κ1) is 38.4. The van der Waals surface area contributed by atoms with Crippen LogP contribution in [0.3, 0.4) is 0 Å². The molecular weight excluding hydrogens is 676 g/mol. The highest BCUT2D eigenvalue weighted by molar-refractivity contribution is 5.16. The van der Waals surface area contributed by atoms with Gasteiger partial charge in [0.1, 0.15) is 42.7 Å². The molecule has 4 heterocycles. The topological polar surface area (TPSA) is 197 Å². The number of ether oxygens (including phenoxy) is 6. The normalized spacial score (nSPS) is 60.5. The molecule has 7 N–H and O–H groups in total. The number of rotatable bonds is 5. The summed E-state index contributed by atoms with van der Waals surface area (Å²) in [4.78, 5) is 0. The Balaban J connectivity index is 0.913. The van der Waals surface area contributed by atoms with Gasteiger partial charge in [-0.25, -0.2) is 0 Å². The Labute approximate surface area is 307 Å². The molecule has 8 rings (SSSR count). The Hall–Kier alpha value is -0.520. The number of fused-ring (bicyclic) bond motifs is 7. The molecule has 8 fully saturated rings. The van der Waals surface area contributed by atoms with Crippen molar-refractivity contribution in [2.45, 2.75) is 178 Å². The first-order chi connectivity index (χ1) is 24.6. The van der Waals surface area contributed by atoms with E-state index in [9.17, 15) is 35.7 Å². The van der Waals surface area contributed by atoms with Crippen molar-refractivity contribution in [3.05, 3.63) is 0 Å². The first-order valence-electron chi connectivity index (χ1n) is 20.2. The quantitative estimate of drug-likeness (QED) is 0.200. The SMILES string of the molecule is C[C@@H]1CC[C@@]2(OC1)O[C@H]1C[C@H]3[C@@H]4C[C@H](O)[C@H]5C[C@@H](O[C@@H]6O[C@H](CO)[C@@H](O[C@@H]7O[C@@H](C)[C@H](O)[C@@H](O)[C@H]7O)[C@H](O)[C@H]6O)CC[C@]5(C)[C@H]4CC[C@]3(C)[C@H]1[C@@H]2C. The minimum absolute atomic E-state index is 0.0120. The van der Waals surface area contributed by atoms with E-state index in [4.69, 9.17) is 28.4 Å². The van der Waals surface area contributed by atoms with Crippen molar-refractivity contribution >= 4 is 0 Å². The summed E-state index contributed by atoms with van der Waals surface area (Å²) in [6.07, 6.45) is -5.88. The number of aliphatic hydroxyl groups is 7. The van der Waals surface area contributed by atoms with Gasteiger partial charge in [-0.05, 0) is 105 Å². The second-order valence-electron chi connectivity index (χ2n) is 18.8. The van der Waals surface area contributed by atoms with Crippen LogP contribution in [-0.4, -0.2) is 134 Å². The zero-order chi connectivity index (χ0) is 37.1. The molecule has 0 amide bonds. The summed E-state index contributed by atoms with van der Waals surface area (Å²) in [5.41, 5.74) is 0.0940. The largest absolute Gasteiger partial charge is 0.394 e. The summed E-state index contributed by atoms with van der Waals surface area (Å²) in [5.74, 6) is 2.38. The van der Waals surface area contributed by atoms with Crippen LogP contribution >= 0.6 is 0 Å². The van der Waals surface area contributed by atoms with Gasteiger partial charge in [0.2, 0.25) is 0 Å². The Kier molecular flexibility index (Phi) is 10.2. The molecule has 0 radical (unpaired) electrons. The van der Waals surface area contributed by atoms with E-state index in [2.05, 4.69) is 27.7 Å². The number of aliphatic hydroxyl groups excluding tert-OH is 7. The third-order valence-corrected chi connectivity index (χ3v) is 16.1. The van der Waals surface area contributed by atoms with Crippen LogP contribution < -0.4 is 0 Å². The van der Waals surface area contributed by atoms with Crippen LogP contribution in [0, 0.1) is 52.3 Å². The Morgan fingerprint density at radius 3 is 2.12 bits per heavy atom. The molecule has 4 aliphatic heterocycles. The van der Waals surface area contributed by atoms with Gasteiger partial charge in [0.05, 0.1) is 37.6 Å². The fourth-order valence-electron chi connectivity index (χ4n) is 13.2. The zero-order valence-electron chi connectivity index (χ0n) is 31.4. The molecule has 4 aliphatic carbocycles. The van der Waals surface area contributed by atoms with Crippen molar-refractivity contribution in [2.24, 2.45) is 52.3 Å². The van der Waals surface area contributed by atoms with Crippen molar-refractivity contribution in [3.8, 4) is 0 Å². The van der Waals surface area contributed by atoms with E-state index in [0.717, 1.165) is 51.6 Å². The van der Waals surface area contributed by atoms with Gasteiger partial charge >= 0.3 is 0 Å². The maximum atomic E-state index is 11.9. The molecule has 52 heavy (non-hydrogen) atoms. The summed E-state index contributed by atoms with van der Waals surface area (Å²) in [6.45, 7) is 11.2. The average Bonchev–Trinajstić information content (AvgIpc) is 3.56. The molecule has 0 unspecified atom stereocenters. The smallest absolute Gasteiger partial charge is 0.187 e. The Bertz CT molecular complexity index is 1280. The van der Waals surface area contributed by atoms with Crippen molar-refractivity contribution in [3.63, 3.8) is 0 Å². The van der Waals surface area contributed by atoms with Gasteiger partial charge in [-0.2, -0.15) is 0 Å². The molecular formula is C39H64O13. The highest BCUT2D eigenvalue weighted by Gasteiger charge is 2.70. The van der Waals surface area contributed by atoms with Crippen molar-refractivity contribution in [2.75, 3.05) is 13.2 Å². The fourth-order valence-corrected chi connectivity index (χ4v) is 13.2. The van der Waals surface area contributed by atoms with Gasteiger partial charge in [0.25, 0.3) is 0 Å². The lowest BCUT2D eigenvalue weighted by Gasteiger charge is -2.62. The molecule has 13 nitrogen and oxygen atoms in total. The van der Waals surface area contributed by atoms with Crippen molar-refractivity contribution in [1.82, 2.24) is 0 Å². The van der Waals surface area contributed by atoms with Gasteiger partial charge in [-0.15, -0.1) is 0 Å². The molecule has 0 aromatic heterocycles. The number of hydrogen-bond donors (Lipinski definition) is 7. The molecule has 0 bridgehead atoms. The molecule has 298 valence electrons. The molecule has 23 atom stereocenters. The molecule has 13 heteroatoms. The molecule has 0 aromatic carbocycles. The first-order valence-corrected chi connectivity index (χ1v) is 20.2. The van der Waals surface area contributed by atoms with Crippen molar-refractivity contribution in [1.29, 1.82) is 0 Å². The summed E-state index contributed by atoms with van der Waals surface area (Å²) < 4.78 is 37.0. The summed E-state index contributed by atoms with van der Waals surface area (Å²) in [7, 11) is 0. The van der Waals surface area contributed by atoms with Gasteiger partial charge < -0.3 is 64.2 Å². The average molecular weight is 741 g/mol. The third-order valence-electron chi connectivity index (χ3n) is 16.1. The van der Waals surface area contributed by atoms with E-state index in [0.29, 0.717) is 48.3 Å². The molecule has 0 aromatic rings. The fraction of sp³-hybridized carbons (Fsp3) is 1.00. The Morgan fingerprint density at radius 2 is 1.40 bits per heavy atom. The third kappa shape index (κ3) is 5.89. The molecule has 1 spiro atoms. The monoisotopic (exact) mass is 740 g/mol. The van der Waals surface area contributed by atoms with E-state index < -0.39 is 79.9 Å². The maximum Gasteiger partial charge on any atom is 0.187 e. The van der Waals surface area contributed by atoms with E-state index in [1.807, 2.05) is 0 Å². The van der Waals surface area contributed by atoms with E-state index in [1.54, 1.807) is 0 Å². The minimum Gasteiger partial charge on any atom is -0.394 e. The van der Waals surface area contributed by atoms with Crippen molar-refractivity contribution < 1.29 is 64.2 Å². The summed E-state index contributed by atoms with van der Waals surface area (Å²) >= 11 is 0. The van der Waals surface area contributed by atoms with Gasteiger partial charge in [0, 0.05) is 12.3 Å². The highest BCUT2D eigenvalue weighted by atomic mass is 16.7. The van der Waals surface area contributed by atoms with Crippen LogP contribution in [0.4, 0.5) is 0 Å². The summed E-state index contributed by atoms with van der Waals surface area (Å²) in [5, 5.41) is 75.1. The maximum absolute atomic E-state index is 11.9. The minimum atomic E-state index is -1.63. The van der Waals surface area contributed by atoms with Crippen LogP contribution in [0.15, 0.2) is 0 Å². The van der Waals surface area contributed by atoms with E-state index in [1.165, 1.54) is 6.92 Å². The predicted molar refractivity (Wildman–Crippen MR) is 183 cm³/mol. The molecule has 8 aliphatic rings. The van der Waals surface area contributed by atoms with Gasteiger partial charge in [0.15, 0.2) is 18.4 Å². The van der Waals surface area contributed by atoms with E-state index >= 15 is 0 Å². The highest BCUT2D eigenvalue weighted by Crippen LogP contribution is 2.71. The lowest BCUT2D eigenvalue weighted by Crippen LogP contribution is -2.64. The zero-order valence-corrected chi connectivity index (χ0v) is 31.4. The Morgan fingerprint density at radius 1 is 0.692 bits per heavy atom. The van der Waals surface area contributed by atoms with Crippen LogP contribution in [0.5, 0.6) is 0 Å². The lowest BCUT2D eigenvalue weighted by molar-refractivity contribution is -0.362. The lowest BCUT2D eigenvalue weighted by atomic mass is 9.43. The van der Waals surface area contributed by atoms with Gasteiger partial charge in [-0.1, -0.05) is 27.7 Å². The van der Waals surface area contributed by atoms with Gasteiger partial charge in [-0.3, -0.25) is 0 Å². The van der Waals surface area contributed by atoms with Crippen LogP contribution in [0.1, 0.15) is 92.4 Å². The second-order valence-corrected chi connectivity index (χ2v) is 18.8. The molecule has 4 saturated heterocycles. The standard InChI is InChI=1S/C39H64O13/c1-17-6-11-39(47-16-17)18(2)28-26(52-39)14-23-21-13-25(41)24-12-20(7-9-37(24,4)22(21)8-10-38(23,28)5)49-36-33(46)31(44)34(27(15-40)50-36)51-35-32(45)30(43)29(42)19(3)48-35/h17-36,40-46H,6-16H2,1-5H3/t17-,18+,19+,20+,21-,22+,23+,24-,25+,26+,27-,28+,29+,30-,31-,32-,33-,34-,35+,36-,37-,38+,39-/m1/s1. The van der Waals surface area contributed by atoms with Crippen LogP contribution in [0.2, 0.25) is 0 Å². The summed E-state index contributed by atoms with van der Waals surface area (Å²) in [6, 6.07) is 0. The molecule has 4 saturated carbocycles.